The van der Waals surface area contributed by atoms with Crippen LogP contribution in [0.3, 0.4) is 0 Å². The number of hydrogen-bond acceptors (Lipinski definition) is 10. The number of nitrogens with zero attached hydrogens (tertiary/aromatic N) is 7. The van der Waals surface area contributed by atoms with Crippen molar-refractivity contribution in [3.63, 3.8) is 0 Å². The highest BCUT2D eigenvalue weighted by Crippen LogP contribution is 2.34. The van der Waals surface area contributed by atoms with Gasteiger partial charge in [0.1, 0.15) is 16.6 Å². The average molecular weight is 545 g/mol. The number of rotatable bonds is 8. The Morgan fingerprint density at radius 2 is 2.03 bits per heavy atom. The van der Waals surface area contributed by atoms with E-state index in [1.165, 1.54) is 6.42 Å². The lowest BCUT2D eigenvalue weighted by molar-refractivity contribution is 0.0744. The smallest absolute Gasteiger partial charge is 0.253 e. The van der Waals surface area contributed by atoms with E-state index in [1.54, 1.807) is 30.4 Å². The van der Waals surface area contributed by atoms with Gasteiger partial charge >= 0.3 is 0 Å². The Bertz CT molecular complexity index is 1520. The molecule has 11 heteroatoms. The number of piperazine rings is 1. The number of likely N-dealkylation sites (N-methyl/N-ethyl adjacent to an activating group) is 2. The zero-order chi connectivity index (χ0) is 27.1. The first kappa shape index (κ1) is 25.6. The van der Waals surface area contributed by atoms with E-state index in [9.17, 15) is 4.79 Å². The van der Waals surface area contributed by atoms with E-state index in [4.69, 9.17) is 19.7 Å². The Morgan fingerprint density at radius 3 is 2.79 bits per heavy atom. The highest BCUT2D eigenvalue weighted by atomic mass is 32.1. The highest BCUT2D eigenvalue weighted by Gasteiger charge is 2.42. The van der Waals surface area contributed by atoms with Crippen LogP contribution in [0.2, 0.25) is 0 Å². The number of aromatic nitrogens is 4. The molecule has 0 saturated carbocycles. The number of anilines is 3. The summed E-state index contributed by atoms with van der Waals surface area (Å²) in [7, 11) is 5.60. The van der Waals surface area contributed by atoms with Gasteiger partial charge in [-0.25, -0.2) is 15.0 Å². The second-order valence-corrected chi connectivity index (χ2v) is 11.3. The fourth-order valence-electron chi connectivity index (χ4n) is 5.35. The first-order valence-corrected chi connectivity index (χ1v) is 13.9. The van der Waals surface area contributed by atoms with E-state index in [1.807, 2.05) is 49.5 Å². The number of amides is 1. The van der Waals surface area contributed by atoms with Crippen LogP contribution in [0.1, 0.15) is 22.5 Å². The summed E-state index contributed by atoms with van der Waals surface area (Å²) in [5.74, 6) is 2.13. The van der Waals surface area contributed by atoms with Crippen LogP contribution in [0.15, 0.2) is 42.6 Å². The second-order valence-electron chi connectivity index (χ2n) is 10.3. The van der Waals surface area contributed by atoms with Gasteiger partial charge in [-0.15, -0.1) is 11.3 Å². The number of benzene rings is 1. The summed E-state index contributed by atoms with van der Waals surface area (Å²) >= 11 is 1.55. The van der Waals surface area contributed by atoms with Gasteiger partial charge < -0.3 is 19.9 Å². The maximum Gasteiger partial charge on any atom is 0.253 e. The molecule has 2 atom stereocenters. The normalized spacial score (nSPS) is 18.7. The molecule has 10 nitrogen and oxygen atoms in total. The number of likely N-dealkylation sites (tertiary alicyclic amines) is 1. The topological polar surface area (TPSA) is 99.6 Å². The van der Waals surface area contributed by atoms with Gasteiger partial charge in [-0.3, -0.25) is 9.69 Å². The van der Waals surface area contributed by atoms with Gasteiger partial charge in [0.05, 0.1) is 16.8 Å². The third kappa shape index (κ3) is 5.17. The maximum atomic E-state index is 12.8. The molecule has 1 aromatic carbocycles. The molecule has 1 amide bonds. The van der Waals surface area contributed by atoms with Crippen molar-refractivity contribution in [2.45, 2.75) is 25.4 Å². The second kappa shape index (κ2) is 10.5. The lowest BCUT2D eigenvalue weighted by atomic mass is 10.1. The largest absolute Gasteiger partial charge is 0.383 e. The Balaban J connectivity index is 1.21. The summed E-state index contributed by atoms with van der Waals surface area (Å²) in [6, 6.07) is 12.5. The van der Waals surface area contributed by atoms with Crippen LogP contribution in [-0.4, -0.2) is 95.2 Å². The van der Waals surface area contributed by atoms with Crippen molar-refractivity contribution in [2.24, 2.45) is 0 Å². The van der Waals surface area contributed by atoms with E-state index in [0.717, 1.165) is 51.3 Å². The highest BCUT2D eigenvalue weighted by molar-refractivity contribution is 7.21. The summed E-state index contributed by atoms with van der Waals surface area (Å²) in [5.41, 5.74) is 3.28. The van der Waals surface area contributed by atoms with E-state index in [2.05, 4.69) is 27.1 Å². The van der Waals surface area contributed by atoms with Gasteiger partial charge in [-0.1, -0.05) is 12.1 Å². The van der Waals surface area contributed by atoms with Gasteiger partial charge in [0, 0.05) is 81.0 Å². The lowest BCUT2D eigenvalue weighted by Crippen LogP contribution is -2.45. The van der Waals surface area contributed by atoms with Crippen LogP contribution in [0, 0.1) is 6.92 Å². The molecule has 1 N–H and O–H groups in total. The third-order valence-corrected chi connectivity index (χ3v) is 8.53. The molecule has 0 unspecified atom stereocenters. The van der Waals surface area contributed by atoms with Crippen molar-refractivity contribution in [1.29, 1.82) is 0 Å². The molecule has 0 radical (unpaired) electrons. The number of methoxy groups -OCH3 is 1. The molecule has 0 aliphatic carbocycles. The van der Waals surface area contributed by atoms with Crippen LogP contribution in [0.4, 0.5) is 17.6 Å². The predicted octanol–water partition coefficient (Wildman–Crippen LogP) is 3.81. The van der Waals surface area contributed by atoms with Crippen LogP contribution >= 0.6 is 11.3 Å². The van der Waals surface area contributed by atoms with Crippen LogP contribution in [0.25, 0.3) is 20.8 Å². The Kier molecular flexibility index (Phi) is 6.88. The van der Waals surface area contributed by atoms with Crippen molar-refractivity contribution in [2.75, 3.05) is 57.7 Å². The van der Waals surface area contributed by atoms with E-state index >= 15 is 0 Å². The molecule has 2 fully saturated rings. The van der Waals surface area contributed by atoms with Crippen molar-refractivity contribution in [3.05, 3.63) is 53.9 Å². The number of carbonyl (C=O) groups is 1. The quantitative estimate of drug-likeness (QED) is 0.355. The molecule has 4 aromatic rings. The minimum Gasteiger partial charge on any atom is -0.383 e. The fraction of sp³-hybridized carbons (Fsp3) is 0.393. The van der Waals surface area contributed by atoms with E-state index in [0.29, 0.717) is 36.6 Å². The van der Waals surface area contributed by atoms with Crippen LogP contribution in [-0.2, 0) is 4.74 Å². The van der Waals surface area contributed by atoms with Crippen LogP contribution in [0.5, 0.6) is 0 Å². The monoisotopic (exact) mass is 544 g/mol. The number of pyridine rings is 1. The molecule has 2 saturated heterocycles. The zero-order valence-corrected chi connectivity index (χ0v) is 23.4. The minimum atomic E-state index is -0.0449. The summed E-state index contributed by atoms with van der Waals surface area (Å²) in [6.07, 6.45) is 3.00. The van der Waals surface area contributed by atoms with Crippen molar-refractivity contribution >= 4 is 45.0 Å². The Labute approximate surface area is 231 Å². The van der Waals surface area contributed by atoms with E-state index in [-0.39, 0.29) is 5.91 Å². The summed E-state index contributed by atoms with van der Waals surface area (Å²) in [4.78, 5) is 38.3. The standard InChI is InChI=1S/C28H32N8O2S/c1-17-10-25(33-28(30-17)36-16-20-12-21(36)15-35(20)3)32-24-13-22-23(14-29-24)39-26(31-22)18-6-5-7-19(11-18)27(37)34(2)8-9-38-4/h5-7,10-11,13-14,20-21H,8-9,12,15-16H2,1-4H3,(H,29,30,32,33)/t20-,21-/m0/s1. The zero-order valence-electron chi connectivity index (χ0n) is 22.6. The number of aryl methyl sites for hydroxylation is 1. The Morgan fingerprint density at radius 1 is 1.15 bits per heavy atom. The molecule has 2 aliphatic rings. The van der Waals surface area contributed by atoms with Crippen molar-refractivity contribution < 1.29 is 9.53 Å². The van der Waals surface area contributed by atoms with Gasteiger partial charge in [-0.05, 0) is 32.5 Å². The molecule has 2 aliphatic heterocycles. The number of carbonyl (C=O) groups excluding carboxylic acids is 1. The number of thiazole rings is 1. The molecular weight excluding hydrogens is 512 g/mol. The number of ether oxygens (including phenoxy) is 1. The van der Waals surface area contributed by atoms with Crippen molar-refractivity contribution in [1.82, 2.24) is 29.7 Å². The summed E-state index contributed by atoms with van der Waals surface area (Å²) in [5, 5.41) is 4.20. The minimum absolute atomic E-state index is 0.0449. The molecule has 2 bridgehead atoms. The number of nitrogens with one attached hydrogen (secondary N) is 1. The molecule has 202 valence electrons. The number of fused-ring (bicyclic) bond motifs is 3. The average Bonchev–Trinajstić information content (AvgIpc) is 3.64. The van der Waals surface area contributed by atoms with E-state index < -0.39 is 0 Å². The fourth-order valence-corrected chi connectivity index (χ4v) is 6.26. The van der Waals surface area contributed by atoms with Gasteiger partial charge in [0.2, 0.25) is 5.95 Å². The molecule has 39 heavy (non-hydrogen) atoms. The van der Waals surface area contributed by atoms with Crippen LogP contribution < -0.4 is 10.2 Å². The van der Waals surface area contributed by atoms with Gasteiger partial charge in [0.15, 0.2) is 0 Å². The van der Waals surface area contributed by atoms with Crippen molar-refractivity contribution in [3.8, 4) is 10.6 Å². The van der Waals surface area contributed by atoms with Gasteiger partial charge in [-0.2, -0.15) is 4.98 Å². The summed E-state index contributed by atoms with van der Waals surface area (Å²) in [6.45, 7) is 5.04. The molecule has 5 heterocycles. The summed E-state index contributed by atoms with van der Waals surface area (Å²) < 4.78 is 6.07. The Hall–Kier alpha value is -3.67. The van der Waals surface area contributed by atoms with Gasteiger partial charge in [0.25, 0.3) is 5.91 Å². The SMILES string of the molecule is COCCN(C)C(=O)c1cccc(-c2nc3cc(Nc4cc(C)nc(N5C[C@@H]6C[C@H]5CN6C)n4)ncc3s2)c1. The molecule has 3 aromatic heterocycles. The first-order valence-electron chi connectivity index (χ1n) is 13.1. The number of hydrogen-bond donors (Lipinski definition) is 1. The maximum absolute atomic E-state index is 12.8. The lowest BCUT2D eigenvalue weighted by Gasteiger charge is -2.32. The third-order valence-electron chi connectivity index (χ3n) is 7.48. The first-order chi connectivity index (χ1) is 18.9. The predicted molar refractivity (Wildman–Crippen MR) is 154 cm³/mol. The molecule has 6 rings (SSSR count). The molecular formula is C28H32N8O2S. The molecule has 0 spiro atoms.